The molecule has 2 aromatic heterocycles. The molecule has 1 atom stereocenters. The van der Waals surface area contributed by atoms with Gasteiger partial charge in [0.1, 0.15) is 5.75 Å². The number of pyridine rings is 2. The van der Waals surface area contributed by atoms with Crippen LogP contribution in [0.4, 0.5) is 0 Å². The molecular formula is C16H16N4O. The number of ether oxygens (including phenoxy) is 1. The molecule has 0 aliphatic rings. The van der Waals surface area contributed by atoms with E-state index in [-0.39, 0.29) is 6.04 Å². The van der Waals surface area contributed by atoms with Crippen LogP contribution >= 0.6 is 0 Å². The van der Waals surface area contributed by atoms with Crippen molar-refractivity contribution in [1.82, 2.24) is 15.4 Å². The van der Waals surface area contributed by atoms with Gasteiger partial charge in [-0.25, -0.2) is 5.43 Å². The number of aromatic nitrogens is 2. The van der Waals surface area contributed by atoms with Gasteiger partial charge in [-0.05, 0) is 23.8 Å². The van der Waals surface area contributed by atoms with Crippen LogP contribution in [0.1, 0.15) is 17.3 Å². The Morgan fingerprint density at radius 2 is 2.00 bits per heavy atom. The predicted molar refractivity (Wildman–Crippen MR) is 81.7 cm³/mol. The molecule has 106 valence electrons. The van der Waals surface area contributed by atoms with Crippen molar-refractivity contribution >= 4 is 10.9 Å². The van der Waals surface area contributed by atoms with E-state index in [4.69, 9.17) is 10.6 Å². The minimum Gasteiger partial charge on any atom is -0.495 e. The fourth-order valence-electron chi connectivity index (χ4n) is 2.30. The highest BCUT2D eigenvalue weighted by atomic mass is 16.5. The van der Waals surface area contributed by atoms with E-state index in [9.17, 15) is 0 Å². The van der Waals surface area contributed by atoms with Crippen LogP contribution < -0.4 is 16.0 Å². The first kappa shape index (κ1) is 13.5. The van der Waals surface area contributed by atoms with Crippen molar-refractivity contribution in [3.05, 3.63) is 66.1 Å². The number of para-hydroxylation sites is 1. The fraction of sp³-hybridized carbons (Fsp3) is 0.125. The van der Waals surface area contributed by atoms with Crippen molar-refractivity contribution < 1.29 is 4.74 Å². The maximum absolute atomic E-state index is 5.71. The summed E-state index contributed by atoms with van der Waals surface area (Å²) in [5.74, 6) is 6.40. The summed E-state index contributed by atoms with van der Waals surface area (Å²) in [6, 6.07) is 13.6. The van der Waals surface area contributed by atoms with E-state index in [1.165, 1.54) is 0 Å². The van der Waals surface area contributed by atoms with Gasteiger partial charge in [0, 0.05) is 11.6 Å². The van der Waals surface area contributed by atoms with Crippen molar-refractivity contribution in [2.24, 2.45) is 5.84 Å². The van der Waals surface area contributed by atoms with Gasteiger partial charge in [0.15, 0.2) is 0 Å². The Morgan fingerprint density at radius 3 is 2.81 bits per heavy atom. The number of rotatable bonds is 4. The molecule has 0 bridgehead atoms. The number of hydrogen-bond donors (Lipinski definition) is 2. The lowest BCUT2D eigenvalue weighted by Gasteiger charge is -2.16. The Kier molecular flexibility index (Phi) is 3.77. The van der Waals surface area contributed by atoms with Crippen LogP contribution in [0, 0.1) is 0 Å². The van der Waals surface area contributed by atoms with E-state index in [0.717, 1.165) is 22.2 Å². The van der Waals surface area contributed by atoms with Gasteiger partial charge in [-0.15, -0.1) is 0 Å². The molecule has 1 unspecified atom stereocenters. The second-order valence-electron chi connectivity index (χ2n) is 4.69. The zero-order valence-corrected chi connectivity index (χ0v) is 11.7. The normalized spacial score (nSPS) is 12.3. The van der Waals surface area contributed by atoms with Crippen molar-refractivity contribution in [3.8, 4) is 5.75 Å². The Bertz CT molecular complexity index is 760. The SMILES string of the molecule is COc1cncc(C(NN)c2ccc3ccccc3n2)c1. The molecule has 0 aliphatic heterocycles. The van der Waals surface area contributed by atoms with E-state index in [0.29, 0.717) is 5.75 Å². The van der Waals surface area contributed by atoms with Gasteiger partial charge >= 0.3 is 0 Å². The van der Waals surface area contributed by atoms with Gasteiger partial charge in [-0.3, -0.25) is 15.8 Å². The summed E-state index contributed by atoms with van der Waals surface area (Å²) in [7, 11) is 1.61. The monoisotopic (exact) mass is 280 g/mol. The van der Waals surface area contributed by atoms with Crippen LogP contribution in [0.25, 0.3) is 10.9 Å². The molecule has 0 saturated carbocycles. The van der Waals surface area contributed by atoms with Gasteiger partial charge in [-0.1, -0.05) is 24.3 Å². The second-order valence-corrected chi connectivity index (χ2v) is 4.69. The Morgan fingerprint density at radius 1 is 1.14 bits per heavy atom. The Balaban J connectivity index is 2.04. The summed E-state index contributed by atoms with van der Waals surface area (Å²) in [5, 5.41) is 1.10. The topological polar surface area (TPSA) is 73.1 Å². The molecule has 0 spiro atoms. The molecule has 5 heteroatoms. The molecule has 3 aromatic rings. The molecule has 3 rings (SSSR count). The van der Waals surface area contributed by atoms with Crippen molar-refractivity contribution in [2.45, 2.75) is 6.04 Å². The molecule has 21 heavy (non-hydrogen) atoms. The molecule has 3 N–H and O–H groups in total. The van der Waals surface area contributed by atoms with Gasteiger partial charge in [0.2, 0.25) is 0 Å². The van der Waals surface area contributed by atoms with Crippen LogP contribution in [-0.2, 0) is 0 Å². The van der Waals surface area contributed by atoms with E-state index in [1.54, 1.807) is 19.5 Å². The molecule has 2 heterocycles. The third-order valence-corrected chi connectivity index (χ3v) is 3.39. The molecule has 0 amide bonds. The van der Waals surface area contributed by atoms with E-state index < -0.39 is 0 Å². The van der Waals surface area contributed by atoms with E-state index >= 15 is 0 Å². The van der Waals surface area contributed by atoms with Crippen LogP contribution in [0.3, 0.4) is 0 Å². The molecule has 0 aliphatic carbocycles. The summed E-state index contributed by atoms with van der Waals surface area (Å²) < 4.78 is 5.20. The van der Waals surface area contributed by atoms with Crippen LogP contribution in [0.15, 0.2) is 54.9 Å². The zero-order chi connectivity index (χ0) is 14.7. The molecule has 0 fully saturated rings. The maximum atomic E-state index is 5.71. The summed E-state index contributed by atoms with van der Waals surface area (Å²) in [4.78, 5) is 8.83. The number of nitrogens with two attached hydrogens (primary N) is 1. The average molecular weight is 280 g/mol. The first-order chi connectivity index (χ1) is 10.3. The molecule has 0 radical (unpaired) electrons. The first-order valence-electron chi connectivity index (χ1n) is 6.62. The Hall–Kier alpha value is -2.50. The van der Waals surface area contributed by atoms with E-state index in [1.807, 2.05) is 42.5 Å². The van der Waals surface area contributed by atoms with Crippen LogP contribution in [0.2, 0.25) is 0 Å². The average Bonchev–Trinajstić information content (AvgIpc) is 2.56. The molecule has 0 saturated heterocycles. The second kappa shape index (κ2) is 5.87. The van der Waals surface area contributed by atoms with Crippen LogP contribution in [0.5, 0.6) is 5.75 Å². The zero-order valence-electron chi connectivity index (χ0n) is 11.7. The van der Waals surface area contributed by atoms with Crippen molar-refractivity contribution in [1.29, 1.82) is 0 Å². The predicted octanol–water partition coefficient (Wildman–Crippen LogP) is 2.19. The van der Waals surface area contributed by atoms with Gasteiger partial charge in [0.05, 0.1) is 30.6 Å². The third kappa shape index (κ3) is 2.69. The van der Waals surface area contributed by atoms with Crippen molar-refractivity contribution in [2.75, 3.05) is 7.11 Å². The maximum Gasteiger partial charge on any atom is 0.137 e. The number of nitrogens with one attached hydrogen (secondary N) is 1. The minimum absolute atomic E-state index is 0.239. The van der Waals surface area contributed by atoms with E-state index in [2.05, 4.69) is 15.4 Å². The highest BCUT2D eigenvalue weighted by Crippen LogP contribution is 2.24. The lowest BCUT2D eigenvalue weighted by Crippen LogP contribution is -2.29. The summed E-state index contributed by atoms with van der Waals surface area (Å²) in [6.45, 7) is 0. The minimum atomic E-state index is -0.239. The lowest BCUT2D eigenvalue weighted by atomic mass is 10.0. The highest BCUT2D eigenvalue weighted by molar-refractivity contribution is 5.78. The standard InChI is InChI=1S/C16H16N4O/c1-21-13-8-12(9-18-10-13)16(20-17)15-7-6-11-4-2-3-5-14(11)19-15/h2-10,16,20H,17H2,1H3. The summed E-state index contributed by atoms with van der Waals surface area (Å²) in [6.07, 6.45) is 3.41. The van der Waals surface area contributed by atoms with Crippen LogP contribution in [-0.4, -0.2) is 17.1 Å². The van der Waals surface area contributed by atoms with Gasteiger partial charge < -0.3 is 4.74 Å². The number of nitrogens with zero attached hydrogens (tertiary/aromatic N) is 2. The number of hydrazine groups is 1. The highest BCUT2D eigenvalue weighted by Gasteiger charge is 2.15. The third-order valence-electron chi connectivity index (χ3n) is 3.39. The largest absolute Gasteiger partial charge is 0.495 e. The number of methoxy groups -OCH3 is 1. The number of hydrogen-bond acceptors (Lipinski definition) is 5. The number of fused-ring (bicyclic) bond motifs is 1. The quantitative estimate of drug-likeness (QED) is 0.566. The van der Waals surface area contributed by atoms with Crippen molar-refractivity contribution in [3.63, 3.8) is 0 Å². The lowest BCUT2D eigenvalue weighted by molar-refractivity contribution is 0.411. The number of benzene rings is 1. The summed E-state index contributed by atoms with van der Waals surface area (Å²) in [5.41, 5.74) is 5.47. The fourth-order valence-corrected chi connectivity index (χ4v) is 2.30. The summed E-state index contributed by atoms with van der Waals surface area (Å²) >= 11 is 0. The Labute approximate surface area is 122 Å². The first-order valence-corrected chi connectivity index (χ1v) is 6.62. The molecule has 5 nitrogen and oxygen atoms in total. The van der Waals surface area contributed by atoms with Gasteiger partial charge in [0.25, 0.3) is 0 Å². The smallest absolute Gasteiger partial charge is 0.137 e. The molecular weight excluding hydrogens is 264 g/mol. The molecule has 1 aromatic carbocycles. The van der Waals surface area contributed by atoms with Gasteiger partial charge in [-0.2, -0.15) is 0 Å².